The van der Waals surface area contributed by atoms with Crippen LogP contribution in [0.1, 0.15) is 31.4 Å². The number of rotatable bonds is 3. The van der Waals surface area contributed by atoms with Crippen molar-refractivity contribution in [1.82, 2.24) is 9.78 Å². The Kier molecular flexibility index (Phi) is 2.27. The van der Waals surface area contributed by atoms with Crippen molar-refractivity contribution in [2.45, 2.75) is 32.2 Å². The van der Waals surface area contributed by atoms with Crippen LogP contribution in [0.4, 0.5) is 0 Å². The summed E-state index contributed by atoms with van der Waals surface area (Å²) in [5.74, 6) is -0.697. The van der Waals surface area contributed by atoms with Gasteiger partial charge in [0, 0.05) is 24.4 Å². The summed E-state index contributed by atoms with van der Waals surface area (Å²) in [6, 6.07) is 1.93. The highest BCUT2D eigenvalue weighted by Crippen LogP contribution is 2.42. The summed E-state index contributed by atoms with van der Waals surface area (Å²) in [6.45, 7) is 2.83. The highest BCUT2D eigenvalue weighted by atomic mass is 16.4. The highest BCUT2D eigenvalue weighted by Gasteiger charge is 2.39. The van der Waals surface area contributed by atoms with Crippen molar-refractivity contribution < 1.29 is 9.90 Å². The molecule has 0 aliphatic heterocycles. The maximum atomic E-state index is 10.9. The maximum absolute atomic E-state index is 10.9. The zero-order valence-electron chi connectivity index (χ0n) is 8.18. The molecule has 1 aromatic rings. The van der Waals surface area contributed by atoms with Crippen molar-refractivity contribution in [3.8, 4) is 0 Å². The first-order chi connectivity index (χ1) is 6.74. The molecule has 0 amide bonds. The molecule has 14 heavy (non-hydrogen) atoms. The van der Waals surface area contributed by atoms with Crippen LogP contribution in [0, 0.1) is 5.92 Å². The van der Waals surface area contributed by atoms with E-state index >= 15 is 0 Å². The first-order valence-electron chi connectivity index (χ1n) is 4.98. The summed E-state index contributed by atoms with van der Waals surface area (Å²) in [5, 5.41) is 13.1. The van der Waals surface area contributed by atoms with Crippen molar-refractivity contribution in [2.24, 2.45) is 5.92 Å². The van der Waals surface area contributed by atoms with E-state index in [2.05, 4.69) is 5.10 Å². The minimum atomic E-state index is -0.676. The molecule has 0 radical (unpaired) electrons. The predicted molar refractivity (Wildman–Crippen MR) is 51.0 cm³/mol. The molecule has 1 aliphatic rings. The van der Waals surface area contributed by atoms with Crippen LogP contribution < -0.4 is 0 Å². The van der Waals surface area contributed by atoms with Crippen molar-refractivity contribution in [3.63, 3.8) is 0 Å². The maximum Gasteiger partial charge on any atom is 0.307 e. The van der Waals surface area contributed by atoms with Crippen molar-refractivity contribution >= 4 is 5.97 Å². The summed E-state index contributed by atoms with van der Waals surface area (Å²) in [6.07, 6.45) is 3.52. The number of aliphatic carboxylic acids is 1. The topological polar surface area (TPSA) is 55.1 Å². The van der Waals surface area contributed by atoms with Gasteiger partial charge in [0.2, 0.25) is 0 Å². The van der Waals surface area contributed by atoms with Crippen LogP contribution in [0.15, 0.2) is 12.3 Å². The molecule has 1 aromatic heterocycles. The van der Waals surface area contributed by atoms with Gasteiger partial charge in [-0.05, 0) is 25.8 Å². The molecule has 1 fully saturated rings. The predicted octanol–water partition coefficient (Wildman–Crippen LogP) is 1.48. The minimum Gasteiger partial charge on any atom is -0.481 e. The highest BCUT2D eigenvalue weighted by molar-refractivity contribution is 5.72. The van der Waals surface area contributed by atoms with Gasteiger partial charge in [-0.25, -0.2) is 0 Å². The van der Waals surface area contributed by atoms with E-state index in [0.717, 1.165) is 25.1 Å². The van der Waals surface area contributed by atoms with Crippen molar-refractivity contribution in [2.75, 3.05) is 0 Å². The molecular weight excluding hydrogens is 180 g/mol. The average molecular weight is 194 g/mol. The molecule has 0 spiro atoms. The lowest BCUT2D eigenvalue weighted by atomic mass is 9.72. The van der Waals surface area contributed by atoms with Gasteiger partial charge < -0.3 is 5.11 Å². The van der Waals surface area contributed by atoms with Crippen LogP contribution in [0.25, 0.3) is 0 Å². The van der Waals surface area contributed by atoms with Crippen molar-refractivity contribution in [1.29, 1.82) is 0 Å². The zero-order valence-corrected chi connectivity index (χ0v) is 8.18. The van der Waals surface area contributed by atoms with E-state index in [1.807, 2.05) is 17.7 Å². The monoisotopic (exact) mass is 194 g/mol. The number of aryl methyl sites for hydroxylation is 1. The van der Waals surface area contributed by atoms with Crippen LogP contribution in [-0.2, 0) is 11.3 Å². The molecule has 1 aliphatic carbocycles. The zero-order chi connectivity index (χ0) is 10.1. The Labute approximate surface area is 82.5 Å². The molecule has 76 valence electrons. The molecule has 2 atom stereocenters. The van der Waals surface area contributed by atoms with Gasteiger partial charge in [-0.3, -0.25) is 9.48 Å². The molecule has 2 rings (SSSR count). The van der Waals surface area contributed by atoms with Gasteiger partial charge in [0.15, 0.2) is 0 Å². The van der Waals surface area contributed by atoms with Gasteiger partial charge >= 0.3 is 5.97 Å². The fourth-order valence-corrected chi connectivity index (χ4v) is 2.07. The molecule has 1 N–H and O–H groups in total. The first kappa shape index (κ1) is 9.24. The number of carboxylic acid groups (broad SMARTS) is 1. The Morgan fingerprint density at radius 3 is 3.00 bits per heavy atom. The van der Waals surface area contributed by atoms with E-state index in [1.165, 1.54) is 0 Å². The molecular formula is C10H14N2O2. The number of hydrogen-bond acceptors (Lipinski definition) is 2. The summed E-state index contributed by atoms with van der Waals surface area (Å²) >= 11 is 0. The smallest absolute Gasteiger partial charge is 0.307 e. The third-order valence-corrected chi connectivity index (χ3v) is 3.02. The second-order valence-corrected chi connectivity index (χ2v) is 3.70. The van der Waals surface area contributed by atoms with Crippen LogP contribution in [-0.4, -0.2) is 20.9 Å². The SMILES string of the molecule is CCn1nccc1C1CCC1C(=O)O. The number of nitrogens with zero attached hydrogens (tertiary/aromatic N) is 2. The fraction of sp³-hybridized carbons (Fsp3) is 0.600. The third kappa shape index (κ3) is 1.31. The average Bonchev–Trinajstić information content (AvgIpc) is 2.49. The van der Waals surface area contributed by atoms with Gasteiger partial charge in [-0.2, -0.15) is 5.10 Å². The molecule has 1 saturated carbocycles. The standard InChI is InChI=1S/C10H14N2O2/c1-2-12-9(5-6-11-12)7-3-4-8(7)10(13)14/h5-8H,2-4H2,1H3,(H,13,14). The Balaban J connectivity index is 2.19. The van der Waals surface area contributed by atoms with E-state index in [9.17, 15) is 4.79 Å². The van der Waals surface area contributed by atoms with Crippen LogP contribution in [0.2, 0.25) is 0 Å². The lowest BCUT2D eigenvalue weighted by molar-refractivity contribution is -0.145. The van der Waals surface area contributed by atoms with E-state index in [1.54, 1.807) is 6.20 Å². The van der Waals surface area contributed by atoms with E-state index in [0.29, 0.717) is 0 Å². The Bertz CT molecular complexity index is 346. The normalized spacial score (nSPS) is 25.8. The second kappa shape index (κ2) is 3.44. The third-order valence-electron chi connectivity index (χ3n) is 3.02. The molecule has 0 saturated heterocycles. The largest absolute Gasteiger partial charge is 0.481 e. The van der Waals surface area contributed by atoms with E-state index < -0.39 is 5.97 Å². The van der Waals surface area contributed by atoms with Crippen molar-refractivity contribution in [3.05, 3.63) is 18.0 Å². The van der Waals surface area contributed by atoms with Gasteiger partial charge in [0.25, 0.3) is 0 Å². The van der Waals surface area contributed by atoms with Gasteiger partial charge in [-0.15, -0.1) is 0 Å². The molecule has 4 heteroatoms. The van der Waals surface area contributed by atoms with Gasteiger partial charge in [-0.1, -0.05) is 0 Å². The van der Waals surface area contributed by atoms with Crippen LogP contribution in [0.5, 0.6) is 0 Å². The summed E-state index contributed by atoms with van der Waals surface area (Å²) < 4.78 is 1.89. The fourth-order valence-electron chi connectivity index (χ4n) is 2.07. The summed E-state index contributed by atoms with van der Waals surface area (Å²) in [4.78, 5) is 10.9. The number of aromatic nitrogens is 2. The molecule has 0 bridgehead atoms. The van der Waals surface area contributed by atoms with Gasteiger partial charge in [0.1, 0.15) is 0 Å². The Morgan fingerprint density at radius 2 is 2.50 bits per heavy atom. The minimum absolute atomic E-state index is 0.176. The Hall–Kier alpha value is -1.32. The van der Waals surface area contributed by atoms with E-state index in [-0.39, 0.29) is 11.8 Å². The number of carboxylic acids is 1. The number of carbonyl (C=O) groups is 1. The van der Waals surface area contributed by atoms with Gasteiger partial charge in [0.05, 0.1) is 5.92 Å². The number of hydrogen-bond donors (Lipinski definition) is 1. The quantitative estimate of drug-likeness (QED) is 0.793. The second-order valence-electron chi connectivity index (χ2n) is 3.70. The molecule has 4 nitrogen and oxygen atoms in total. The lowest BCUT2D eigenvalue weighted by Crippen LogP contribution is -2.32. The van der Waals surface area contributed by atoms with E-state index in [4.69, 9.17) is 5.11 Å². The van der Waals surface area contributed by atoms with Crippen LogP contribution >= 0.6 is 0 Å². The molecule has 1 heterocycles. The first-order valence-corrected chi connectivity index (χ1v) is 4.98. The van der Waals surface area contributed by atoms with Crippen LogP contribution in [0.3, 0.4) is 0 Å². The Morgan fingerprint density at radius 1 is 1.71 bits per heavy atom. The summed E-state index contributed by atoms with van der Waals surface area (Å²) in [5.41, 5.74) is 1.08. The molecule has 2 unspecified atom stereocenters. The summed E-state index contributed by atoms with van der Waals surface area (Å²) in [7, 11) is 0. The molecule has 0 aromatic carbocycles. The lowest BCUT2D eigenvalue weighted by Gasteiger charge is -2.33.